The predicted octanol–water partition coefficient (Wildman–Crippen LogP) is 2.12. The van der Waals surface area contributed by atoms with E-state index in [1.165, 1.54) is 30.2 Å². The number of pyridine rings is 1. The number of imidazole rings is 1. The minimum Gasteiger partial charge on any atom is -0.468 e. The molecular formula is C12H10N4O2S2. The first kappa shape index (κ1) is 13.1. The van der Waals surface area contributed by atoms with Crippen LogP contribution in [0.2, 0.25) is 0 Å². The number of carbonyl (C=O) groups is 1. The zero-order valence-electron chi connectivity index (χ0n) is 10.5. The van der Waals surface area contributed by atoms with Gasteiger partial charge in [0, 0.05) is 18.0 Å². The van der Waals surface area contributed by atoms with E-state index in [2.05, 4.69) is 19.8 Å². The van der Waals surface area contributed by atoms with Crippen LogP contribution in [0.5, 0.6) is 0 Å². The molecule has 3 rings (SSSR count). The SMILES string of the molecule is COC(=O)CSc1nn2cc(-c3cccnc3)nc2s1. The van der Waals surface area contributed by atoms with Gasteiger partial charge in [0.2, 0.25) is 4.96 Å². The van der Waals surface area contributed by atoms with Crippen molar-refractivity contribution in [3.05, 3.63) is 30.7 Å². The third kappa shape index (κ3) is 2.66. The molecule has 0 amide bonds. The summed E-state index contributed by atoms with van der Waals surface area (Å²) >= 11 is 2.79. The second-order valence-corrected chi connectivity index (χ2v) is 6.01. The van der Waals surface area contributed by atoms with E-state index in [1.807, 2.05) is 18.3 Å². The lowest BCUT2D eigenvalue weighted by Crippen LogP contribution is -2.02. The van der Waals surface area contributed by atoms with Crippen LogP contribution in [-0.4, -0.2) is 38.4 Å². The van der Waals surface area contributed by atoms with Crippen LogP contribution in [-0.2, 0) is 9.53 Å². The number of aromatic nitrogens is 4. The van der Waals surface area contributed by atoms with Crippen LogP contribution < -0.4 is 0 Å². The van der Waals surface area contributed by atoms with Crippen molar-refractivity contribution in [3.8, 4) is 11.3 Å². The fourth-order valence-electron chi connectivity index (χ4n) is 1.57. The molecule has 3 aromatic rings. The topological polar surface area (TPSA) is 69.4 Å². The van der Waals surface area contributed by atoms with E-state index < -0.39 is 0 Å². The van der Waals surface area contributed by atoms with Crippen LogP contribution in [0.4, 0.5) is 0 Å². The molecule has 3 aromatic heterocycles. The quantitative estimate of drug-likeness (QED) is 0.543. The van der Waals surface area contributed by atoms with Crippen molar-refractivity contribution >= 4 is 34.0 Å². The number of esters is 1. The van der Waals surface area contributed by atoms with E-state index in [0.717, 1.165) is 20.6 Å². The van der Waals surface area contributed by atoms with E-state index in [0.29, 0.717) is 0 Å². The van der Waals surface area contributed by atoms with Gasteiger partial charge < -0.3 is 4.74 Å². The Morgan fingerprint density at radius 2 is 2.45 bits per heavy atom. The first-order chi connectivity index (χ1) is 9.76. The molecule has 0 unspecified atom stereocenters. The van der Waals surface area contributed by atoms with E-state index in [1.54, 1.807) is 16.9 Å². The van der Waals surface area contributed by atoms with Gasteiger partial charge in [-0.3, -0.25) is 9.78 Å². The fourth-order valence-corrected chi connectivity index (χ4v) is 3.33. The molecule has 6 nitrogen and oxygen atoms in total. The Bertz CT molecular complexity index is 707. The van der Waals surface area contributed by atoms with Crippen LogP contribution in [0, 0.1) is 0 Å². The van der Waals surface area contributed by atoms with Gasteiger partial charge in [0.25, 0.3) is 0 Å². The summed E-state index contributed by atoms with van der Waals surface area (Å²) in [5, 5.41) is 4.37. The lowest BCUT2D eigenvalue weighted by atomic mass is 10.2. The van der Waals surface area contributed by atoms with Gasteiger partial charge in [0.1, 0.15) is 0 Å². The molecule has 8 heteroatoms. The van der Waals surface area contributed by atoms with Crippen molar-refractivity contribution in [2.24, 2.45) is 0 Å². The van der Waals surface area contributed by atoms with E-state index in [9.17, 15) is 4.79 Å². The molecule has 0 saturated heterocycles. The Hall–Kier alpha value is -1.93. The monoisotopic (exact) mass is 306 g/mol. The first-order valence-corrected chi connectivity index (χ1v) is 7.52. The van der Waals surface area contributed by atoms with Gasteiger partial charge >= 0.3 is 5.97 Å². The van der Waals surface area contributed by atoms with Crippen molar-refractivity contribution in [1.29, 1.82) is 0 Å². The summed E-state index contributed by atoms with van der Waals surface area (Å²) < 4.78 is 7.09. The molecule has 0 spiro atoms. The van der Waals surface area contributed by atoms with Gasteiger partial charge in [-0.2, -0.15) is 0 Å². The van der Waals surface area contributed by atoms with Crippen LogP contribution in [0.25, 0.3) is 16.2 Å². The number of hydrogen-bond donors (Lipinski definition) is 0. The molecule has 0 N–H and O–H groups in total. The fraction of sp³-hybridized carbons (Fsp3) is 0.167. The second kappa shape index (κ2) is 5.59. The molecule has 102 valence electrons. The molecule has 0 radical (unpaired) electrons. The molecule has 0 fully saturated rings. The number of rotatable bonds is 4. The summed E-state index contributed by atoms with van der Waals surface area (Å²) in [6, 6.07) is 3.82. The standard InChI is InChI=1S/C12H10N4O2S2/c1-18-10(17)7-19-12-15-16-6-9(14-11(16)20-12)8-3-2-4-13-5-8/h2-6H,7H2,1H3. The third-order valence-electron chi connectivity index (χ3n) is 2.52. The highest BCUT2D eigenvalue weighted by Gasteiger charge is 2.11. The molecular weight excluding hydrogens is 296 g/mol. The summed E-state index contributed by atoms with van der Waals surface area (Å²) in [4.78, 5) is 20.4. The lowest BCUT2D eigenvalue weighted by molar-refractivity contribution is -0.137. The number of methoxy groups -OCH3 is 1. The summed E-state index contributed by atoms with van der Waals surface area (Å²) in [6.07, 6.45) is 5.34. The number of nitrogens with zero attached hydrogens (tertiary/aromatic N) is 4. The number of thioether (sulfide) groups is 1. The first-order valence-electron chi connectivity index (χ1n) is 5.72. The van der Waals surface area contributed by atoms with Crippen molar-refractivity contribution < 1.29 is 9.53 Å². The van der Waals surface area contributed by atoms with Crippen molar-refractivity contribution in [2.75, 3.05) is 12.9 Å². The minimum absolute atomic E-state index is 0.253. The smallest absolute Gasteiger partial charge is 0.316 e. The second-order valence-electron chi connectivity index (χ2n) is 3.83. The largest absolute Gasteiger partial charge is 0.468 e. The zero-order chi connectivity index (χ0) is 13.9. The Morgan fingerprint density at radius 1 is 1.55 bits per heavy atom. The Morgan fingerprint density at radius 3 is 3.15 bits per heavy atom. The summed E-state index contributed by atoms with van der Waals surface area (Å²) in [5.74, 6) is -0.0123. The zero-order valence-corrected chi connectivity index (χ0v) is 12.1. The van der Waals surface area contributed by atoms with E-state index in [4.69, 9.17) is 0 Å². The molecule has 20 heavy (non-hydrogen) atoms. The van der Waals surface area contributed by atoms with E-state index in [-0.39, 0.29) is 11.7 Å². The molecule has 0 saturated carbocycles. The maximum Gasteiger partial charge on any atom is 0.316 e. The summed E-state index contributed by atoms with van der Waals surface area (Å²) in [6.45, 7) is 0. The maximum atomic E-state index is 11.1. The molecule has 0 aliphatic heterocycles. The molecule has 0 aromatic carbocycles. The van der Waals surface area contributed by atoms with Gasteiger partial charge in [0.15, 0.2) is 4.34 Å². The van der Waals surface area contributed by atoms with Crippen LogP contribution in [0.1, 0.15) is 0 Å². The number of carbonyl (C=O) groups excluding carboxylic acids is 1. The predicted molar refractivity (Wildman–Crippen MR) is 76.8 cm³/mol. The highest BCUT2D eigenvalue weighted by Crippen LogP contribution is 2.27. The van der Waals surface area contributed by atoms with Crippen molar-refractivity contribution in [1.82, 2.24) is 19.6 Å². The van der Waals surface area contributed by atoms with Gasteiger partial charge in [-0.1, -0.05) is 23.1 Å². The number of ether oxygens (including phenoxy) is 1. The van der Waals surface area contributed by atoms with Crippen LogP contribution >= 0.6 is 23.1 Å². The number of hydrogen-bond acceptors (Lipinski definition) is 7. The van der Waals surface area contributed by atoms with Gasteiger partial charge in [0.05, 0.1) is 24.8 Å². The summed E-state index contributed by atoms with van der Waals surface area (Å²) in [7, 11) is 1.37. The third-order valence-corrected chi connectivity index (χ3v) is 4.55. The van der Waals surface area contributed by atoms with Crippen LogP contribution in [0.15, 0.2) is 35.1 Å². The lowest BCUT2D eigenvalue weighted by Gasteiger charge is -1.95. The summed E-state index contributed by atoms with van der Waals surface area (Å²) in [5.41, 5.74) is 1.79. The van der Waals surface area contributed by atoms with Crippen molar-refractivity contribution in [2.45, 2.75) is 4.34 Å². The van der Waals surface area contributed by atoms with E-state index >= 15 is 0 Å². The average molecular weight is 306 g/mol. The Kier molecular flexibility index (Phi) is 3.66. The normalized spacial score (nSPS) is 10.8. The highest BCUT2D eigenvalue weighted by molar-refractivity contribution is 8.01. The molecule has 3 heterocycles. The molecule has 0 bridgehead atoms. The maximum absolute atomic E-state index is 11.1. The molecule has 0 aliphatic carbocycles. The van der Waals surface area contributed by atoms with Crippen LogP contribution in [0.3, 0.4) is 0 Å². The molecule has 0 atom stereocenters. The van der Waals surface area contributed by atoms with Gasteiger partial charge in [-0.05, 0) is 12.1 Å². The van der Waals surface area contributed by atoms with Gasteiger partial charge in [-0.15, -0.1) is 5.10 Å². The van der Waals surface area contributed by atoms with Gasteiger partial charge in [-0.25, -0.2) is 9.50 Å². The average Bonchev–Trinajstić information content (AvgIpc) is 3.04. The Balaban J connectivity index is 1.81. The number of fused-ring (bicyclic) bond motifs is 1. The van der Waals surface area contributed by atoms with Crippen molar-refractivity contribution in [3.63, 3.8) is 0 Å². The minimum atomic E-state index is -0.265. The highest BCUT2D eigenvalue weighted by atomic mass is 32.2. The Labute approximate surface area is 122 Å². The molecule has 0 aliphatic rings.